The van der Waals surface area contributed by atoms with Crippen molar-refractivity contribution in [3.05, 3.63) is 52.8 Å². The first kappa shape index (κ1) is 22.5. The molecule has 0 aliphatic heterocycles. The highest BCUT2D eigenvalue weighted by molar-refractivity contribution is 6.32. The quantitative estimate of drug-likeness (QED) is 0.545. The molecule has 0 spiro atoms. The van der Waals surface area contributed by atoms with E-state index in [1.165, 1.54) is 14.2 Å². The zero-order chi connectivity index (χ0) is 21.2. The van der Waals surface area contributed by atoms with Gasteiger partial charge in [-0.2, -0.15) is 0 Å². The van der Waals surface area contributed by atoms with Gasteiger partial charge in [0, 0.05) is 31.0 Å². The Morgan fingerprint density at radius 3 is 2.52 bits per heavy atom. The van der Waals surface area contributed by atoms with Gasteiger partial charge in [0.1, 0.15) is 0 Å². The number of amides is 1. The fourth-order valence-corrected chi connectivity index (χ4v) is 2.92. The number of nitrogens with zero attached hydrogens (tertiary/aromatic N) is 2. The second-order valence-corrected chi connectivity index (χ2v) is 6.65. The summed E-state index contributed by atoms with van der Waals surface area (Å²) in [6.07, 6.45) is 4.19. The predicted octanol–water partition coefficient (Wildman–Crippen LogP) is 3.74. The number of pyridine rings is 1. The number of ether oxygens (including phenoxy) is 3. The maximum absolute atomic E-state index is 13.2. The van der Waals surface area contributed by atoms with E-state index in [-0.39, 0.29) is 23.9 Å². The smallest absolute Gasteiger partial charge is 0.307 e. The molecule has 7 nitrogen and oxygen atoms in total. The first-order chi connectivity index (χ1) is 14.0. The van der Waals surface area contributed by atoms with Crippen molar-refractivity contribution in [2.45, 2.75) is 26.3 Å². The summed E-state index contributed by atoms with van der Waals surface area (Å²) in [7, 11) is 2.81. The SMILES string of the molecule is CCCOc1c(Cl)cc(C(=O)N(CCC(=O)OC)Cc2ccncc2)cc1OC. The van der Waals surface area contributed by atoms with E-state index in [1.54, 1.807) is 29.4 Å². The number of carbonyl (C=O) groups excluding carboxylic acids is 2. The Hall–Kier alpha value is -2.80. The van der Waals surface area contributed by atoms with E-state index in [0.717, 1.165) is 12.0 Å². The van der Waals surface area contributed by atoms with Crippen LogP contribution in [0.5, 0.6) is 11.5 Å². The van der Waals surface area contributed by atoms with Gasteiger partial charge in [0.05, 0.1) is 32.3 Å². The lowest BCUT2D eigenvalue weighted by molar-refractivity contribution is -0.140. The summed E-state index contributed by atoms with van der Waals surface area (Å²) in [5.74, 6) is 0.110. The lowest BCUT2D eigenvalue weighted by atomic mass is 10.1. The third kappa shape index (κ3) is 6.35. The zero-order valence-corrected chi connectivity index (χ0v) is 17.6. The molecule has 0 fully saturated rings. The normalized spacial score (nSPS) is 10.3. The van der Waals surface area contributed by atoms with Gasteiger partial charge in [0.15, 0.2) is 11.5 Å². The molecular weight excluding hydrogens is 396 g/mol. The average molecular weight is 421 g/mol. The minimum atomic E-state index is -0.392. The number of hydrogen-bond acceptors (Lipinski definition) is 6. The molecule has 0 aliphatic carbocycles. The summed E-state index contributed by atoms with van der Waals surface area (Å²) in [5, 5.41) is 0.290. The Kier molecular flexibility index (Phi) is 8.73. The summed E-state index contributed by atoms with van der Waals surface area (Å²) in [5.41, 5.74) is 1.23. The number of methoxy groups -OCH3 is 2. The molecule has 0 N–H and O–H groups in total. The monoisotopic (exact) mass is 420 g/mol. The topological polar surface area (TPSA) is 78.0 Å². The third-order valence-corrected chi connectivity index (χ3v) is 4.43. The molecule has 0 saturated carbocycles. The molecule has 0 aliphatic rings. The number of rotatable bonds is 10. The number of hydrogen-bond donors (Lipinski definition) is 0. The van der Waals surface area contributed by atoms with Crippen LogP contribution in [0.15, 0.2) is 36.7 Å². The van der Waals surface area contributed by atoms with Crippen molar-refractivity contribution in [3.8, 4) is 11.5 Å². The maximum atomic E-state index is 13.2. The fourth-order valence-electron chi connectivity index (χ4n) is 2.66. The molecule has 0 atom stereocenters. The molecular formula is C21H25ClN2O5. The van der Waals surface area contributed by atoms with Gasteiger partial charge in [0.2, 0.25) is 0 Å². The van der Waals surface area contributed by atoms with E-state index in [0.29, 0.717) is 30.2 Å². The van der Waals surface area contributed by atoms with Gasteiger partial charge in [-0.05, 0) is 36.2 Å². The van der Waals surface area contributed by atoms with Gasteiger partial charge < -0.3 is 19.1 Å². The molecule has 2 rings (SSSR count). The van der Waals surface area contributed by atoms with Gasteiger partial charge in [-0.25, -0.2) is 0 Å². The van der Waals surface area contributed by atoms with Crippen LogP contribution in [0, 0.1) is 0 Å². The fraction of sp³-hybridized carbons (Fsp3) is 0.381. The van der Waals surface area contributed by atoms with Gasteiger partial charge in [0.25, 0.3) is 5.91 Å². The van der Waals surface area contributed by atoms with Crippen LogP contribution in [0.2, 0.25) is 5.02 Å². The van der Waals surface area contributed by atoms with Crippen LogP contribution in [-0.2, 0) is 16.1 Å². The first-order valence-electron chi connectivity index (χ1n) is 9.25. The molecule has 1 amide bonds. The van der Waals surface area contributed by atoms with E-state index >= 15 is 0 Å². The van der Waals surface area contributed by atoms with Crippen LogP contribution in [0.25, 0.3) is 0 Å². The third-order valence-electron chi connectivity index (χ3n) is 4.15. The Bertz CT molecular complexity index is 829. The van der Waals surface area contributed by atoms with E-state index in [4.69, 9.17) is 25.8 Å². The second kappa shape index (κ2) is 11.3. The molecule has 8 heteroatoms. The van der Waals surface area contributed by atoms with Crippen molar-refractivity contribution in [1.82, 2.24) is 9.88 Å². The molecule has 0 bridgehead atoms. The number of benzene rings is 1. The Morgan fingerprint density at radius 2 is 1.90 bits per heavy atom. The Labute approximate surface area is 175 Å². The van der Waals surface area contributed by atoms with Crippen LogP contribution >= 0.6 is 11.6 Å². The summed E-state index contributed by atoms with van der Waals surface area (Å²) in [4.78, 5) is 30.3. The highest BCUT2D eigenvalue weighted by atomic mass is 35.5. The Balaban J connectivity index is 2.30. The van der Waals surface area contributed by atoms with Gasteiger partial charge in [-0.1, -0.05) is 18.5 Å². The molecule has 2 aromatic rings. The van der Waals surface area contributed by atoms with Crippen LogP contribution in [0.1, 0.15) is 35.7 Å². The average Bonchev–Trinajstić information content (AvgIpc) is 2.75. The summed E-state index contributed by atoms with van der Waals surface area (Å²) in [6, 6.07) is 6.77. The number of esters is 1. The molecule has 1 aromatic heterocycles. The van der Waals surface area contributed by atoms with Crippen molar-refractivity contribution >= 4 is 23.5 Å². The highest BCUT2D eigenvalue weighted by Gasteiger charge is 2.21. The summed E-state index contributed by atoms with van der Waals surface area (Å²) >= 11 is 6.35. The van der Waals surface area contributed by atoms with Crippen molar-refractivity contribution in [1.29, 1.82) is 0 Å². The predicted molar refractivity (Wildman–Crippen MR) is 109 cm³/mol. The van der Waals surface area contributed by atoms with E-state index in [9.17, 15) is 9.59 Å². The summed E-state index contributed by atoms with van der Waals surface area (Å²) < 4.78 is 15.7. The number of halogens is 1. The molecule has 0 unspecified atom stereocenters. The van der Waals surface area contributed by atoms with Crippen molar-refractivity contribution in [3.63, 3.8) is 0 Å². The molecule has 29 heavy (non-hydrogen) atoms. The molecule has 1 heterocycles. The minimum absolute atomic E-state index is 0.0793. The van der Waals surface area contributed by atoms with Crippen LogP contribution < -0.4 is 9.47 Å². The molecule has 0 saturated heterocycles. The van der Waals surface area contributed by atoms with Gasteiger partial charge in [-0.3, -0.25) is 14.6 Å². The number of aromatic nitrogens is 1. The van der Waals surface area contributed by atoms with Crippen LogP contribution in [0.4, 0.5) is 0 Å². The highest BCUT2D eigenvalue weighted by Crippen LogP contribution is 2.37. The lowest BCUT2D eigenvalue weighted by Crippen LogP contribution is -2.33. The lowest BCUT2D eigenvalue weighted by Gasteiger charge is -2.23. The second-order valence-electron chi connectivity index (χ2n) is 6.25. The standard InChI is InChI=1S/C21H25ClN2O5/c1-4-11-29-20-17(22)12-16(13-18(20)27-2)21(26)24(10-7-19(25)28-3)14-15-5-8-23-9-6-15/h5-6,8-9,12-13H,4,7,10-11,14H2,1-3H3. The summed E-state index contributed by atoms with van der Waals surface area (Å²) in [6.45, 7) is 2.97. The Morgan fingerprint density at radius 1 is 1.17 bits per heavy atom. The molecule has 0 radical (unpaired) electrons. The number of carbonyl (C=O) groups is 2. The van der Waals surface area contributed by atoms with Crippen molar-refractivity contribution < 1.29 is 23.8 Å². The zero-order valence-electron chi connectivity index (χ0n) is 16.8. The van der Waals surface area contributed by atoms with Crippen LogP contribution in [0.3, 0.4) is 0 Å². The maximum Gasteiger partial charge on any atom is 0.307 e. The minimum Gasteiger partial charge on any atom is -0.493 e. The van der Waals surface area contributed by atoms with Crippen molar-refractivity contribution in [2.75, 3.05) is 27.4 Å². The van der Waals surface area contributed by atoms with Gasteiger partial charge in [-0.15, -0.1) is 0 Å². The molecule has 1 aromatic carbocycles. The molecule has 156 valence electrons. The first-order valence-corrected chi connectivity index (χ1v) is 9.63. The largest absolute Gasteiger partial charge is 0.493 e. The van der Waals surface area contributed by atoms with E-state index in [2.05, 4.69) is 4.98 Å². The van der Waals surface area contributed by atoms with Crippen molar-refractivity contribution in [2.24, 2.45) is 0 Å². The van der Waals surface area contributed by atoms with Crippen LogP contribution in [-0.4, -0.2) is 49.1 Å². The van der Waals surface area contributed by atoms with E-state index < -0.39 is 5.97 Å². The van der Waals surface area contributed by atoms with E-state index in [1.807, 2.05) is 19.1 Å². The van der Waals surface area contributed by atoms with Gasteiger partial charge >= 0.3 is 5.97 Å².